The zero-order valence-corrected chi connectivity index (χ0v) is 8.78. The molecule has 0 aliphatic carbocycles. The number of nitrogens with one attached hydrogen (secondary N) is 1. The summed E-state index contributed by atoms with van der Waals surface area (Å²) in [7, 11) is 0. The minimum absolute atomic E-state index is 0.0284. The lowest BCUT2D eigenvalue weighted by Crippen LogP contribution is -2.31. The van der Waals surface area contributed by atoms with E-state index < -0.39 is 18.4 Å². The maximum atomic E-state index is 10.9. The molecule has 6 heteroatoms. The van der Waals surface area contributed by atoms with Crippen LogP contribution in [0.2, 0.25) is 0 Å². The van der Waals surface area contributed by atoms with E-state index >= 15 is 0 Å². The second-order valence-electron chi connectivity index (χ2n) is 2.85. The van der Waals surface area contributed by atoms with Gasteiger partial charge < -0.3 is 19.9 Å². The van der Waals surface area contributed by atoms with Crippen molar-refractivity contribution in [1.82, 2.24) is 5.32 Å². The first kappa shape index (κ1) is 13.4. The molecule has 0 aliphatic heterocycles. The van der Waals surface area contributed by atoms with E-state index in [1.165, 1.54) is 13.8 Å². The van der Waals surface area contributed by atoms with Gasteiger partial charge in [-0.05, 0) is 13.8 Å². The molecule has 6 nitrogen and oxygen atoms in total. The van der Waals surface area contributed by atoms with Crippen molar-refractivity contribution in [1.29, 1.82) is 0 Å². The van der Waals surface area contributed by atoms with E-state index in [1.807, 2.05) is 0 Å². The van der Waals surface area contributed by atoms with E-state index in [0.29, 0.717) is 5.57 Å². The van der Waals surface area contributed by atoms with Crippen molar-refractivity contribution in [3.63, 3.8) is 0 Å². The van der Waals surface area contributed by atoms with Gasteiger partial charge in [0.1, 0.15) is 6.61 Å². The number of esters is 1. The molecule has 0 aromatic rings. The van der Waals surface area contributed by atoms with Gasteiger partial charge in [-0.1, -0.05) is 6.58 Å². The standard InChI is InChI=1S/C9H15NO5/c1-6(2)8(12)14-5-4-10-9(13)15-7(3)11/h7,11H,1,4-5H2,2-3H3,(H,10,13). The summed E-state index contributed by atoms with van der Waals surface area (Å²) in [4.78, 5) is 21.6. The number of hydrogen-bond donors (Lipinski definition) is 2. The second kappa shape index (κ2) is 6.83. The number of carbonyl (C=O) groups is 2. The Morgan fingerprint density at radius 3 is 2.60 bits per heavy atom. The summed E-state index contributed by atoms with van der Waals surface area (Å²) in [5, 5.41) is 10.9. The van der Waals surface area contributed by atoms with Crippen LogP contribution < -0.4 is 5.32 Å². The lowest BCUT2D eigenvalue weighted by atomic mass is 10.4. The van der Waals surface area contributed by atoms with Gasteiger partial charge >= 0.3 is 12.1 Å². The predicted octanol–water partition coefficient (Wildman–Crippen LogP) is 0.170. The van der Waals surface area contributed by atoms with Crippen molar-refractivity contribution in [2.45, 2.75) is 20.1 Å². The van der Waals surface area contributed by atoms with E-state index in [1.54, 1.807) is 0 Å². The van der Waals surface area contributed by atoms with Gasteiger partial charge in [0.25, 0.3) is 0 Å². The molecule has 0 bridgehead atoms. The molecule has 0 aliphatic rings. The highest BCUT2D eigenvalue weighted by molar-refractivity contribution is 5.86. The van der Waals surface area contributed by atoms with Crippen molar-refractivity contribution in [3.8, 4) is 0 Å². The summed E-state index contributed by atoms with van der Waals surface area (Å²) in [5.74, 6) is -0.513. The van der Waals surface area contributed by atoms with Crippen LogP contribution >= 0.6 is 0 Å². The molecule has 0 radical (unpaired) electrons. The van der Waals surface area contributed by atoms with Gasteiger partial charge in [0.2, 0.25) is 0 Å². The van der Waals surface area contributed by atoms with Crippen molar-refractivity contribution < 1.29 is 24.2 Å². The molecule has 0 fully saturated rings. The Morgan fingerprint density at radius 1 is 1.53 bits per heavy atom. The number of hydrogen-bond acceptors (Lipinski definition) is 5. The number of rotatable bonds is 5. The zero-order valence-electron chi connectivity index (χ0n) is 8.78. The van der Waals surface area contributed by atoms with Crippen LogP contribution in [0.1, 0.15) is 13.8 Å². The summed E-state index contributed by atoms with van der Waals surface area (Å²) in [6, 6.07) is 0. The van der Waals surface area contributed by atoms with Gasteiger partial charge in [0, 0.05) is 5.57 Å². The normalized spacial score (nSPS) is 11.4. The highest BCUT2D eigenvalue weighted by atomic mass is 16.6. The average molecular weight is 217 g/mol. The Bertz CT molecular complexity index is 249. The summed E-state index contributed by atoms with van der Waals surface area (Å²) < 4.78 is 9.04. The smallest absolute Gasteiger partial charge is 0.409 e. The lowest BCUT2D eigenvalue weighted by Gasteiger charge is -2.08. The number of ether oxygens (including phenoxy) is 2. The summed E-state index contributed by atoms with van der Waals surface area (Å²) in [6.45, 7) is 6.36. The summed E-state index contributed by atoms with van der Waals surface area (Å²) in [5.41, 5.74) is 0.293. The van der Waals surface area contributed by atoms with E-state index in [-0.39, 0.29) is 13.2 Å². The van der Waals surface area contributed by atoms with E-state index in [2.05, 4.69) is 21.4 Å². The highest BCUT2D eigenvalue weighted by Gasteiger charge is 2.06. The molecule has 2 N–H and O–H groups in total. The third-order valence-corrected chi connectivity index (χ3v) is 1.23. The van der Waals surface area contributed by atoms with Crippen LogP contribution in [0.4, 0.5) is 4.79 Å². The largest absolute Gasteiger partial charge is 0.460 e. The second-order valence-corrected chi connectivity index (χ2v) is 2.85. The molecule has 0 rings (SSSR count). The van der Waals surface area contributed by atoms with Crippen LogP contribution in [-0.4, -0.2) is 36.6 Å². The minimum Gasteiger partial charge on any atom is -0.460 e. The molecule has 86 valence electrons. The van der Waals surface area contributed by atoms with Gasteiger partial charge in [-0.15, -0.1) is 0 Å². The van der Waals surface area contributed by atoms with Gasteiger partial charge in [0.15, 0.2) is 6.29 Å². The molecule has 1 atom stereocenters. The molecular weight excluding hydrogens is 202 g/mol. The van der Waals surface area contributed by atoms with Crippen LogP contribution in [0.3, 0.4) is 0 Å². The number of alkyl carbamates (subject to hydrolysis) is 1. The molecule has 1 unspecified atom stereocenters. The Morgan fingerprint density at radius 2 is 2.13 bits per heavy atom. The molecule has 0 saturated carbocycles. The minimum atomic E-state index is -1.16. The van der Waals surface area contributed by atoms with Crippen molar-refractivity contribution in [2.24, 2.45) is 0 Å². The molecule has 0 saturated heterocycles. The van der Waals surface area contributed by atoms with Crippen LogP contribution in [0.15, 0.2) is 12.2 Å². The van der Waals surface area contributed by atoms with E-state index in [9.17, 15) is 9.59 Å². The third-order valence-electron chi connectivity index (χ3n) is 1.23. The topological polar surface area (TPSA) is 84.9 Å². The first-order valence-electron chi connectivity index (χ1n) is 4.38. The fourth-order valence-corrected chi connectivity index (χ4v) is 0.617. The Labute approximate surface area is 87.9 Å². The van der Waals surface area contributed by atoms with Crippen LogP contribution in [0.5, 0.6) is 0 Å². The number of aliphatic hydroxyl groups is 1. The van der Waals surface area contributed by atoms with Gasteiger partial charge in [-0.25, -0.2) is 9.59 Å². The molecule has 15 heavy (non-hydrogen) atoms. The molecule has 0 aromatic carbocycles. The SMILES string of the molecule is C=C(C)C(=O)OCCNC(=O)OC(C)O. The Kier molecular flexibility index (Phi) is 6.12. The molecule has 0 heterocycles. The number of amides is 1. The number of carbonyl (C=O) groups excluding carboxylic acids is 2. The van der Waals surface area contributed by atoms with E-state index in [4.69, 9.17) is 5.11 Å². The maximum Gasteiger partial charge on any atom is 0.409 e. The fraction of sp³-hybridized carbons (Fsp3) is 0.556. The first-order valence-corrected chi connectivity index (χ1v) is 4.38. The molecular formula is C9H15NO5. The maximum absolute atomic E-state index is 10.9. The van der Waals surface area contributed by atoms with Crippen LogP contribution in [0, 0.1) is 0 Å². The van der Waals surface area contributed by atoms with Gasteiger partial charge in [-0.2, -0.15) is 0 Å². The van der Waals surface area contributed by atoms with Gasteiger partial charge in [-0.3, -0.25) is 0 Å². The monoisotopic (exact) mass is 217 g/mol. The molecule has 0 aromatic heterocycles. The molecule has 1 amide bonds. The first-order chi connectivity index (χ1) is 6.93. The predicted molar refractivity (Wildman–Crippen MR) is 51.9 cm³/mol. The summed E-state index contributed by atoms with van der Waals surface area (Å²) >= 11 is 0. The van der Waals surface area contributed by atoms with Crippen molar-refractivity contribution in [2.75, 3.05) is 13.2 Å². The quantitative estimate of drug-likeness (QED) is 0.297. The third kappa shape index (κ3) is 7.51. The van der Waals surface area contributed by atoms with Crippen molar-refractivity contribution in [3.05, 3.63) is 12.2 Å². The summed E-state index contributed by atoms with van der Waals surface area (Å²) in [6.07, 6.45) is -1.93. The lowest BCUT2D eigenvalue weighted by molar-refractivity contribution is -0.138. The fourth-order valence-electron chi connectivity index (χ4n) is 0.617. The highest BCUT2D eigenvalue weighted by Crippen LogP contribution is 1.91. The van der Waals surface area contributed by atoms with Crippen molar-refractivity contribution >= 4 is 12.1 Å². The van der Waals surface area contributed by atoms with Crippen LogP contribution in [-0.2, 0) is 14.3 Å². The van der Waals surface area contributed by atoms with Crippen LogP contribution in [0.25, 0.3) is 0 Å². The Balaban J connectivity index is 3.50. The number of aliphatic hydroxyl groups excluding tert-OH is 1. The average Bonchev–Trinajstić information content (AvgIpc) is 2.10. The zero-order chi connectivity index (χ0) is 11.8. The molecule has 0 spiro atoms. The van der Waals surface area contributed by atoms with E-state index in [0.717, 1.165) is 0 Å². The van der Waals surface area contributed by atoms with Gasteiger partial charge in [0.05, 0.1) is 6.54 Å². The Hall–Kier alpha value is -1.56.